The van der Waals surface area contributed by atoms with Crippen LogP contribution in [0.15, 0.2) is 39.5 Å². The van der Waals surface area contributed by atoms with E-state index in [1.807, 2.05) is 0 Å². The van der Waals surface area contributed by atoms with Crippen LogP contribution in [0.1, 0.15) is 29.7 Å². The maximum atomic E-state index is 14.2. The summed E-state index contributed by atoms with van der Waals surface area (Å²) in [5.74, 6) is -4.28. The van der Waals surface area contributed by atoms with E-state index in [9.17, 15) is 22.4 Å². The highest BCUT2D eigenvalue weighted by atomic mass is 19.3. The summed E-state index contributed by atoms with van der Waals surface area (Å²) < 4.78 is 60.9. The second kappa shape index (κ2) is 7.88. The Kier molecular flexibility index (Phi) is 5.03. The number of halogens is 4. The summed E-state index contributed by atoms with van der Waals surface area (Å²) in [5, 5.41) is 0. The molecule has 3 aromatic rings. The van der Waals surface area contributed by atoms with Gasteiger partial charge in [0.15, 0.2) is 17.4 Å². The number of nitrogens with zero attached hydrogens (tertiary/aromatic N) is 4. The van der Waals surface area contributed by atoms with Crippen molar-refractivity contribution < 1.29 is 26.8 Å². The SMILES string of the molecule is O=C(C1=CC=NCCC1C(F)F)N1CCc2[nH]cnc2[C@H]1c1nc2ccc(F)c(F)c2o1. The number of carbonyl (C=O) groups excluding carboxylic acids is 1. The Balaban J connectivity index is 1.60. The van der Waals surface area contributed by atoms with Gasteiger partial charge < -0.3 is 14.3 Å². The van der Waals surface area contributed by atoms with Gasteiger partial charge >= 0.3 is 0 Å². The predicted octanol–water partition coefficient (Wildman–Crippen LogP) is 3.59. The van der Waals surface area contributed by atoms with Gasteiger partial charge in [-0.1, -0.05) is 0 Å². The van der Waals surface area contributed by atoms with Crippen molar-refractivity contribution in [1.82, 2.24) is 19.9 Å². The highest BCUT2D eigenvalue weighted by molar-refractivity contribution is 5.98. The molecule has 2 aliphatic heterocycles. The molecule has 2 atom stereocenters. The number of hydrogen-bond donors (Lipinski definition) is 1. The summed E-state index contributed by atoms with van der Waals surface area (Å²) >= 11 is 0. The number of oxazole rings is 1. The van der Waals surface area contributed by atoms with E-state index in [2.05, 4.69) is 19.9 Å². The maximum Gasteiger partial charge on any atom is 0.251 e. The molecule has 32 heavy (non-hydrogen) atoms. The zero-order chi connectivity index (χ0) is 22.4. The zero-order valence-electron chi connectivity index (χ0n) is 16.6. The summed E-state index contributed by atoms with van der Waals surface area (Å²) in [4.78, 5) is 30.3. The Hall–Kier alpha value is -3.50. The molecule has 0 bridgehead atoms. The van der Waals surface area contributed by atoms with Gasteiger partial charge in [-0.25, -0.2) is 23.1 Å². The summed E-state index contributed by atoms with van der Waals surface area (Å²) in [6, 6.07) is 1.20. The number of fused-ring (bicyclic) bond motifs is 2. The molecule has 0 saturated carbocycles. The first-order chi connectivity index (χ1) is 15.5. The minimum Gasteiger partial charge on any atom is -0.435 e. The maximum absolute atomic E-state index is 14.2. The third kappa shape index (κ3) is 3.28. The first-order valence-electron chi connectivity index (χ1n) is 10.0. The smallest absolute Gasteiger partial charge is 0.251 e. The second-order valence-corrected chi connectivity index (χ2v) is 7.59. The van der Waals surface area contributed by atoms with E-state index in [4.69, 9.17) is 4.42 Å². The van der Waals surface area contributed by atoms with E-state index in [1.165, 1.54) is 29.6 Å². The van der Waals surface area contributed by atoms with Crippen molar-refractivity contribution in [3.8, 4) is 0 Å². The van der Waals surface area contributed by atoms with Crippen LogP contribution in [0.3, 0.4) is 0 Å². The van der Waals surface area contributed by atoms with Crippen molar-refractivity contribution in [2.45, 2.75) is 25.3 Å². The highest BCUT2D eigenvalue weighted by Crippen LogP contribution is 2.37. The molecule has 0 radical (unpaired) electrons. The van der Waals surface area contributed by atoms with Gasteiger partial charge in [-0.2, -0.15) is 4.39 Å². The number of imidazole rings is 1. The number of rotatable bonds is 3. The summed E-state index contributed by atoms with van der Waals surface area (Å²) in [6.45, 7) is 0.351. The second-order valence-electron chi connectivity index (χ2n) is 7.59. The van der Waals surface area contributed by atoms with Crippen LogP contribution in [0.5, 0.6) is 0 Å². The van der Waals surface area contributed by atoms with E-state index >= 15 is 0 Å². The van der Waals surface area contributed by atoms with Crippen molar-refractivity contribution in [3.05, 3.63) is 59.0 Å². The minimum absolute atomic E-state index is 0.0330. The number of aromatic amines is 1. The van der Waals surface area contributed by atoms with E-state index in [0.717, 1.165) is 11.8 Å². The zero-order valence-corrected chi connectivity index (χ0v) is 16.6. The molecule has 7 nitrogen and oxygen atoms in total. The molecule has 0 aliphatic carbocycles. The van der Waals surface area contributed by atoms with Crippen LogP contribution in [0.4, 0.5) is 17.6 Å². The number of nitrogens with one attached hydrogen (secondary N) is 1. The molecule has 2 aliphatic rings. The van der Waals surface area contributed by atoms with Crippen LogP contribution in [0, 0.1) is 17.6 Å². The Labute approximate surface area is 178 Å². The molecular weight excluding hydrogens is 430 g/mol. The van der Waals surface area contributed by atoms with Crippen molar-refractivity contribution in [2.24, 2.45) is 10.9 Å². The molecule has 2 aromatic heterocycles. The average Bonchev–Trinajstić information content (AvgIpc) is 3.35. The topological polar surface area (TPSA) is 87.4 Å². The van der Waals surface area contributed by atoms with Crippen molar-refractivity contribution >= 4 is 23.2 Å². The summed E-state index contributed by atoms with van der Waals surface area (Å²) in [7, 11) is 0. The number of allylic oxidation sites excluding steroid dienone is 1. The van der Waals surface area contributed by atoms with Crippen LogP contribution in [0.2, 0.25) is 0 Å². The van der Waals surface area contributed by atoms with Crippen LogP contribution >= 0.6 is 0 Å². The largest absolute Gasteiger partial charge is 0.435 e. The predicted molar refractivity (Wildman–Crippen MR) is 105 cm³/mol. The Morgan fingerprint density at radius 3 is 2.94 bits per heavy atom. The third-order valence-electron chi connectivity index (χ3n) is 5.77. The van der Waals surface area contributed by atoms with Crippen LogP contribution in [0.25, 0.3) is 11.1 Å². The number of hydrogen-bond acceptors (Lipinski definition) is 5. The molecule has 0 spiro atoms. The standard InChI is InChI=1S/C21H17F4N5O2/c22-12-1-2-14-18(15(12)23)32-20(29-14)17-16-13(27-9-28-16)5-8-30(17)21(31)11-4-7-26-6-3-10(11)19(24)25/h1-2,4,7,9-10,17,19H,3,5-6,8H2,(H,27,28)/t10?,17-/m0/s1. The van der Waals surface area contributed by atoms with Crippen LogP contribution < -0.4 is 0 Å². The Bertz CT molecular complexity index is 1250. The normalized spacial score (nSPS) is 21.0. The molecule has 5 rings (SSSR count). The van der Waals surface area contributed by atoms with Gasteiger partial charge in [0, 0.05) is 37.0 Å². The number of H-pyrrole nitrogens is 1. The Morgan fingerprint density at radius 1 is 1.28 bits per heavy atom. The number of amides is 1. The lowest BCUT2D eigenvalue weighted by Gasteiger charge is -2.34. The average molecular weight is 447 g/mol. The van der Waals surface area contributed by atoms with Gasteiger partial charge in [-0.15, -0.1) is 0 Å². The lowest BCUT2D eigenvalue weighted by atomic mass is 9.93. The fourth-order valence-corrected chi connectivity index (χ4v) is 4.17. The molecule has 166 valence electrons. The third-order valence-corrected chi connectivity index (χ3v) is 5.77. The molecule has 11 heteroatoms. The first-order valence-corrected chi connectivity index (χ1v) is 10.0. The van der Waals surface area contributed by atoms with Gasteiger partial charge in [0.1, 0.15) is 5.52 Å². The molecule has 4 heterocycles. The van der Waals surface area contributed by atoms with Crippen molar-refractivity contribution in [2.75, 3.05) is 13.1 Å². The number of alkyl halides is 2. The van der Waals surface area contributed by atoms with Crippen molar-refractivity contribution in [3.63, 3.8) is 0 Å². The van der Waals surface area contributed by atoms with Crippen LogP contribution in [-0.2, 0) is 11.2 Å². The van der Waals surface area contributed by atoms with Crippen LogP contribution in [-0.4, -0.2) is 51.5 Å². The van der Waals surface area contributed by atoms with Crippen molar-refractivity contribution in [1.29, 1.82) is 0 Å². The molecule has 0 fully saturated rings. The fraction of sp³-hybridized carbons (Fsp3) is 0.333. The van der Waals surface area contributed by atoms with Gasteiger partial charge in [-0.05, 0) is 24.6 Å². The van der Waals surface area contributed by atoms with E-state index < -0.39 is 35.9 Å². The van der Waals surface area contributed by atoms with E-state index in [0.29, 0.717) is 12.1 Å². The fourth-order valence-electron chi connectivity index (χ4n) is 4.17. The lowest BCUT2D eigenvalue weighted by Crippen LogP contribution is -2.43. The van der Waals surface area contributed by atoms with E-state index in [1.54, 1.807) is 0 Å². The highest BCUT2D eigenvalue weighted by Gasteiger charge is 2.41. The van der Waals surface area contributed by atoms with Gasteiger partial charge in [0.05, 0.1) is 17.9 Å². The lowest BCUT2D eigenvalue weighted by molar-refractivity contribution is -0.131. The monoisotopic (exact) mass is 447 g/mol. The summed E-state index contributed by atoms with van der Waals surface area (Å²) in [6.07, 6.45) is 1.80. The number of aromatic nitrogens is 3. The molecule has 1 unspecified atom stereocenters. The molecular formula is C21H17F4N5O2. The van der Waals surface area contributed by atoms with E-state index in [-0.39, 0.29) is 42.1 Å². The van der Waals surface area contributed by atoms with Gasteiger partial charge in [0.2, 0.25) is 18.1 Å². The number of aliphatic imine (C=N–C) groups is 1. The molecule has 1 aromatic carbocycles. The molecule has 1 N–H and O–H groups in total. The summed E-state index contributed by atoms with van der Waals surface area (Å²) in [5.41, 5.74) is 0.739. The first kappa shape index (κ1) is 20.4. The van der Waals surface area contributed by atoms with Gasteiger partial charge in [-0.3, -0.25) is 9.79 Å². The molecule has 1 amide bonds. The molecule has 0 saturated heterocycles. The number of carbonyl (C=O) groups is 1. The minimum atomic E-state index is -2.74. The number of benzene rings is 1. The Morgan fingerprint density at radius 2 is 2.12 bits per heavy atom. The quantitative estimate of drug-likeness (QED) is 0.622. The van der Waals surface area contributed by atoms with Gasteiger partial charge in [0.25, 0.3) is 5.91 Å².